The lowest BCUT2D eigenvalue weighted by molar-refractivity contribution is 0.360. The Kier molecular flexibility index (Phi) is 2.61. The molecule has 0 atom stereocenters. The number of fused-ring (bicyclic) bond motifs is 1. The highest BCUT2D eigenvalue weighted by Crippen LogP contribution is 2.32. The van der Waals surface area contributed by atoms with Gasteiger partial charge in [-0.3, -0.25) is 0 Å². The standard InChI is InChI=1S/C14H15F2N/c15-10-8-13(16)12-6-7-17(14(12)9-10)11-4-2-1-3-5-11/h6-9,11H,1-5H2. The van der Waals surface area contributed by atoms with Crippen molar-refractivity contribution in [1.29, 1.82) is 0 Å². The maximum Gasteiger partial charge on any atom is 0.135 e. The zero-order valence-electron chi connectivity index (χ0n) is 9.63. The third-order valence-corrected chi connectivity index (χ3v) is 3.72. The molecule has 17 heavy (non-hydrogen) atoms. The van der Waals surface area contributed by atoms with Crippen molar-refractivity contribution in [1.82, 2.24) is 4.57 Å². The molecule has 0 N–H and O–H groups in total. The van der Waals surface area contributed by atoms with Gasteiger partial charge in [-0.25, -0.2) is 8.78 Å². The van der Waals surface area contributed by atoms with E-state index < -0.39 is 11.6 Å². The summed E-state index contributed by atoms with van der Waals surface area (Å²) in [7, 11) is 0. The van der Waals surface area contributed by atoms with Gasteiger partial charge in [-0.1, -0.05) is 19.3 Å². The zero-order valence-corrected chi connectivity index (χ0v) is 9.63. The van der Waals surface area contributed by atoms with Crippen molar-refractivity contribution in [3.63, 3.8) is 0 Å². The van der Waals surface area contributed by atoms with Crippen LogP contribution in [0.5, 0.6) is 0 Å². The lowest BCUT2D eigenvalue weighted by atomic mass is 9.95. The summed E-state index contributed by atoms with van der Waals surface area (Å²) in [5.41, 5.74) is 0.689. The summed E-state index contributed by atoms with van der Waals surface area (Å²) in [6.07, 6.45) is 7.82. The molecule has 1 aliphatic carbocycles. The molecule has 1 heterocycles. The minimum absolute atomic E-state index is 0.405. The Balaban J connectivity index is 2.10. The minimum Gasteiger partial charge on any atom is -0.344 e. The van der Waals surface area contributed by atoms with Crippen LogP contribution in [0.15, 0.2) is 24.4 Å². The molecule has 0 amide bonds. The second-order valence-electron chi connectivity index (χ2n) is 4.84. The average molecular weight is 235 g/mol. The Morgan fingerprint density at radius 1 is 1.06 bits per heavy atom. The Bertz CT molecular complexity index is 538. The van der Waals surface area contributed by atoms with Crippen LogP contribution in [0.25, 0.3) is 10.9 Å². The maximum absolute atomic E-state index is 13.6. The molecule has 1 fully saturated rings. The first-order chi connectivity index (χ1) is 8.25. The van der Waals surface area contributed by atoms with E-state index in [1.165, 1.54) is 25.3 Å². The Labute approximate surface area is 99.0 Å². The predicted molar refractivity (Wildman–Crippen MR) is 64.0 cm³/mol. The number of benzene rings is 1. The van der Waals surface area contributed by atoms with Crippen LogP contribution in [0.1, 0.15) is 38.1 Å². The van der Waals surface area contributed by atoms with Gasteiger partial charge in [0.05, 0.1) is 5.52 Å². The van der Waals surface area contributed by atoms with E-state index >= 15 is 0 Å². The molecule has 0 aliphatic heterocycles. The molecule has 1 nitrogen and oxygen atoms in total. The summed E-state index contributed by atoms with van der Waals surface area (Å²) in [6, 6.07) is 4.54. The number of aromatic nitrogens is 1. The lowest BCUT2D eigenvalue weighted by Gasteiger charge is -2.24. The maximum atomic E-state index is 13.6. The fourth-order valence-electron chi connectivity index (χ4n) is 2.86. The fourth-order valence-corrected chi connectivity index (χ4v) is 2.86. The average Bonchev–Trinajstić information content (AvgIpc) is 2.74. The van der Waals surface area contributed by atoms with Gasteiger partial charge < -0.3 is 4.57 Å². The zero-order chi connectivity index (χ0) is 11.8. The summed E-state index contributed by atoms with van der Waals surface area (Å²) >= 11 is 0. The van der Waals surface area contributed by atoms with Gasteiger partial charge in [0.1, 0.15) is 11.6 Å². The van der Waals surface area contributed by atoms with E-state index in [4.69, 9.17) is 0 Å². The molecular formula is C14H15F2N. The molecule has 1 saturated carbocycles. The highest BCUT2D eigenvalue weighted by atomic mass is 19.1. The summed E-state index contributed by atoms with van der Waals surface area (Å²) in [5, 5.41) is 0.525. The van der Waals surface area contributed by atoms with E-state index in [2.05, 4.69) is 0 Å². The molecular weight excluding hydrogens is 220 g/mol. The van der Waals surface area contributed by atoms with Gasteiger partial charge in [0, 0.05) is 23.7 Å². The van der Waals surface area contributed by atoms with Gasteiger partial charge in [-0.15, -0.1) is 0 Å². The highest BCUT2D eigenvalue weighted by molar-refractivity contribution is 5.81. The summed E-state index contributed by atoms with van der Waals surface area (Å²) in [5.74, 6) is -0.958. The van der Waals surface area contributed by atoms with Crippen LogP contribution in [0.3, 0.4) is 0 Å². The quantitative estimate of drug-likeness (QED) is 0.689. The third-order valence-electron chi connectivity index (χ3n) is 3.72. The molecule has 1 aromatic heterocycles. The van der Waals surface area contributed by atoms with Gasteiger partial charge in [-0.2, -0.15) is 0 Å². The van der Waals surface area contributed by atoms with Crippen molar-refractivity contribution >= 4 is 10.9 Å². The highest BCUT2D eigenvalue weighted by Gasteiger charge is 2.18. The summed E-state index contributed by atoms with van der Waals surface area (Å²) < 4.78 is 28.9. The first-order valence-electron chi connectivity index (χ1n) is 6.21. The fraction of sp³-hybridized carbons (Fsp3) is 0.429. The molecule has 0 radical (unpaired) electrons. The van der Waals surface area contributed by atoms with Crippen LogP contribution >= 0.6 is 0 Å². The third kappa shape index (κ3) is 1.84. The van der Waals surface area contributed by atoms with Crippen LogP contribution < -0.4 is 0 Å². The van der Waals surface area contributed by atoms with Crippen LogP contribution in [0, 0.1) is 11.6 Å². The first-order valence-corrected chi connectivity index (χ1v) is 6.21. The predicted octanol–water partition coefficient (Wildman–Crippen LogP) is 4.42. The van der Waals surface area contributed by atoms with Crippen LogP contribution in [0.2, 0.25) is 0 Å². The number of hydrogen-bond acceptors (Lipinski definition) is 0. The molecule has 0 spiro atoms. The van der Waals surface area contributed by atoms with E-state index in [9.17, 15) is 8.78 Å². The second-order valence-corrected chi connectivity index (χ2v) is 4.84. The van der Waals surface area contributed by atoms with Crippen molar-refractivity contribution in [2.75, 3.05) is 0 Å². The van der Waals surface area contributed by atoms with Crippen molar-refractivity contribution in [3.05, 3.63) is 36.0 Å². The van der Waals surface area contributed by atoms with Crippen molar-refractivity contribution in [3.8, 4) is 0 Å². The monoisotopic (exact) mass is 235 g/mol. The second kappa shape index (κ2) is 4.13. The molecule has 1 aromatic carbocycles. The molecule has 3 heteroatoms. The number of hydrogen-bond donors (Lipinski definition) is 0. The van der Waals surface area contributed by atoms with Crippen LogP contribution in [-0.4, -0.2) is 4.57 Å². The van der Waals surface area contributed by atoms with Gasteiger partial charge in [-0.05, 0) is 25.0 Å². The first kappa shape index (κ1) is 10.8. The molecule has 2 aromatic rings. The summed E-state index contributed by atoms with van der Waals surface area (Å²) in [4.78, 5) is 0. The Hall–Kier alpha value is -1.38. The van der Waals surface area contributed by atoms with Gasteiger partial charge >= 0.3 is 0 Å². The largest absolute Gasteiger partial charge is 0.344 e. The molecule has 0 saturated heterocycles. The molecule has 3 rings (SSSR count). The van der Waals surface area contributed by atoms with E-state index in [1.807, 2.05) is 10.8 Å². The van der Waals surface area contributed by atoms with Crippen molar-refractivity contribution in [2.24, 2.45) is 0 Å². The SMILES string of the molecule is Fc1cc(F)c2ccn(C3CCCCC3)c2c1. The molecule has 0 bridgehead atoms. The van der Waals surface area contributed by atoms with E-state index in [0.717, 1.165) is 18.9 Å². The van der Waals surface area contributed by atoms with Crippen molar-refractivity contribution in [2.45, 2.75) is 38.1 Å². The minimum atomic E-state index is -0.495. The Morgan fingerprint density at radius 3 is 2.59 bits per heavy atom. The topological polar surface area (TPSA) is 4.93 Å². The molecule has 1 aliphatic rings. The van der Waals surface area contributed by atoms with Crippen LogP contribution in [-0.2, 0) is 0 Å². The normalized spacial score (nSPS) is 17.8. The van der Waals surface area contributed by atoms with Gasteiger partial charge in [0.25, 0.3) is 0 Å². The van der Waals surface area contributed by atoms with Crippen LogP contribution in [0.4, 0.5) is 8.78 Å². The van der Waals surface area contributed by atoms with Gasteiger partial charge in [0.15, 0.2) is 0 Å². The summed E-state index contributed by atoms with van der Waals surface area (Å²) in [6.45, 7) is 0. The molecule has 0 unspecified atom stereocenters. The van der Waals surface area contributed by atoms with E-state index in [0.29, 0.717) is 16.9 Å². The lowest BCUT2D eigenvalue weighted by Crippen LogP contribution is -2.11. The Morgan fingerprint density at radius 2 is 1.82 bits per heavy atom. The number of nitrogens with zero attached hydrogens (tertiary/aromatic N) is 1. The molecule has 90 valence electrons. The number of rotatable bonds is 1. The number of halogens is 2. The van der Waals surface area contributed by atoms with E-state index in [1.54, 1.807) is 6.07 Å². The van der Waals surface area contributed by atoms with Crippen molar-refractivity contribution < 1.29 is 8.78 Å². The smallest absolute Gasteiger partial charge is 0.135 e. The van der Waals surface area contributed by atoms with Gasteiger partial charge in [0.2, 0.25) is 0 Å². The van der Waals surface area contributed by atoms with E-state index in [-0.39, 0.29) is 0 Å².